The van der Waals surface area contributed by atoms with E-state index in [1.165, 1.54) is 16.7 Å². The Morgan fingerprint density at radius 2 is 1.80 bits per heavy atom. The number of aliphatic hydroxyl groups excluding tert-OH is 1. The van der Waals surface area contributed by atoms with E-state index in [0.717, 1.165) is 42.4 Å². The van der Waals surface area contributed by atoms with Gasteiger partial charge in [-0.1, -0.05) is 42.5 Å². The van der Waals surface area contributed by atoms with Crippen LogP contribution in [0.5, 0.6) is 23.0 Å². The molecule has 6 heteroatoms. The molecule has 0 saturated carbocycles. The summed E-state index contributed by atoms with van der Waals surface area (Å²) in [6.07, 6.45) is 1.90. The van der Waals surface area contributed by atoms with Crippen molar-refractivity contribution < 1.29 is 24.1 Å². The van der Waals surface area contributed by atoms with Crippen LogP contribution in [-0.4, -0.2) is 51.7 Å². The summed E-state index contributed by atoms with van der Waals surface area (Å²) in [5.41, 5.74) is 3.67. The van der Waals surface area contributed by atoms with Gasteiger partial charge in [-0.05, 0) is 67.2 Å². The topological polar surface area (TPSA) is 69.2 Å². The number of benzene rings is 3. The van der Waals surface area contributed by atoms with Gasteiger partial charge in [-0.2, -0.15) is 0 Å². The second-order valence-electron chi connectivity index (χ2n) is 8.84. The Morgan fingerprint density at radius 3 is 2.60 bits per heavy atom. The van der Waals surface area contributed by atoms with Crippen molar-refractivity contribution in [2.45, 2.75) is 31.3 Å². The summed E-state index contributed by atoms with van der Waals surface area (Å²) in [6, 6.07) is 22.4. The molecule has 6 nitrogen and oxygen atoms in total. The first-order valence-corrected chi connectivity index (χ1v) is 12.2. The van der Waals surface area contributed by atoms with E-state index in [0.29, 0.717) is 25.5 Å². The smallest absolute Gasteiger partial charge is 0.160 e. The molecule has 35 heavy (non-hydrogen) atoms. The molecule has 0 amide bonds. The fraction of sp³-hybridized carbons (Fsp3) is 0.379. The number of ether oxygens (including phenoxy) is 4. The summed E-state index contributed by atoms with van der Waals surface area (Å²) in [6.45, 7) is 2.45. The molecule has 0 bridgehead atoms. The van der Waals surface area contributed by atoms with Crippen molar-refractivity contribution >= 4 is 0 Å². The number of fused-ring (bicyclic) bond motifs is 1. The Bertz CT molecular complexity index is 1070. The normalized spacial score (nSPS) is 15.6. The first kappa shape index (κ1) is 24.9. The number of methoxy groups -OCH3 is 2. The fourth-order valence-electron chi connectivity index (χ4n) is 4.32. The number of hydrogen-bond donors (Lipinski definition) is 2. The van der Waals surface area contributed by atoms with E-state index in [1.54, 1.807) is 14.2 Å². The zero-order chi connectivity index (χ0) is 24.5. The molecular weight excluding hydrogens is 442 g/mol. The van der Waals surface area contributed by atoms with Crippen LogP contribution in [-0.2, 0) is 12.8 Å². The number of nitrogens with one attached hydrogen (secondary N) is 1. The van der Waals surface area contributed by atoms with E-state index >= 15 is 0 Å². The Hall–Kier alpha value is -3.22. The highest BCUT2D eigenvalue weighted by atomic mass is 16.5. The maximum absolute atomic E-state index is 10.3. The van der Waals surface area contributed by atoms with E-state index in [9.17, 15) is 5.11 Å². The largest absolute Gasteiger partial charge is 0.493 e. The lowest BCUT2D eigenvalue weighted by Crippen LogP contribution is -2.26. The third-order valence-corrected chi connectivity index (χ3v) is 6.35. The number of hydrogen-bond acceptors (Lipinski definition) is 6. The molecule has 0 radical (unpaired) electrons. The van der Waals surface area contributed by atoms with Crippen LogP contribution in [0.15, 0.2) is 66.7 Å². The Kier molecular flexibility index (Phi) is 8.87. The van der Waals surface area contributed by atoms with Crippen LogP contribution in [0.25, 0.3) is 0 Å². The summed E-state index contributed by atoms with van der Waals surface area (Å²) >= 11 is 0. The molecule has 0 spiro atoms. The lowest BCUT2D eigenvalue weighted by atomic mass is 9.90. The van der Waals surface area contributed by atoms with E-state index in [-0.39, 0.29) is 6.61 Å². The van der Waals surface area contributed by atoms with Gasteiger partial charge < -0.3 is 29.4 Å². The van der Waals surface area contributed by atoms with Crippen LogP contribution < -0.4 is 24.3 Å². The van der Waals surface area contributed by atoms with Crippen LogP contribution in [0.1, 0.15) is 29.0 Å². The molecular formula is C29H35NO5. The van der Waals surface area contributed by atoms with E-state index in [1.807, 2.05) is 36.4 Å². The first-order valence-electron chi connectivity index (χ1n) is 12.2. The van der Waals surface area contributed by atoms with Crippen molar-refractivity contribution in [2.75, 3.05) is 40.5 Å². The molecule has 1 heterocycles. The van der Waals surface area contributed by atoms with Crippen molar-refractivity contribution in [3.8, 4) is 23.0 Å². The average molecular weight is 478 g/mol. The van der Waals surface area contributed by atoms with Gasteiger partial charge in [-0.25, -0.2) is 0 Å². The third kappa shape index (κ3) is 6.90. The molecule has 1 aliphatic rings. The third-order valence-electron chi connectivity index (χ3n) is 6.35. The highest BCUT2D eigenvalue weighted by molar-refractivity contribution is 5.44. The van der Waals surface area contributed by atoms with E-state index < -0.39 is 6.10 Å². The average Bonchev–Trinajstić information content (AvgIpc) is 2.91. The summed E-state index contributed by atoms with van der Waals surface area (Å²) in [4.78, 5) is 0. The van der Waals surface area contributed by atoms with Crippen LogP contribution in [0.3, 0.4) is 0 Å². The van der Waals surface area contributed by atoms with Crippen LogP contribution in [0.2, 0.25) is 0 Å². The molecule has 186 valence electrons. The van der Waals surface area contributed by atoms with Crippen molar-refractivity contribution in [3.63, 3.8) is 0 Å². The molecule has 0 aliphatic carbocycles. The lowest BCUT2D eigenvalue weighted by molar-refractivity contribution is 0.0997. The standard InChI is InChI=1S/C29H35NO5/c1-32-27-11-8-21(16-29(27)33-2)12-14-30-15-13-25(31)20-34-26-10-9-23-17-24(19-35-28(23)18-26)22-6-4-3-5-7-22/h3-11,16,18,24-25,30-31H,12-15,17,19-20H2,1-2H3. The van der Waals surface area contributed by atoms with Gasteiger partial charge in [0.25, 0.3) is 0 Å². The predicted octanol–water partition coefficient (Wildman–Crippen LogP) is 4.38. The fourth-order valence-corrected chi connectivity index (χ4v) is 4.32. The van der Waals surface area contributed by atoms with Gasteiger partial charge in [0.15, 0.2) is 11.5 Å². The summed E-state index contributed by atoms with van der Waals surface area (Å²) in [7, 11) is 3.27. The van der Waals surface area contributed by atoms with Gasteiger partial charge in [0.1, 0.15) is 18.1 Å². The molecule has 0 saturated heterocycles. The second-order valence-corrected chi connectivity index (χ2v) is 8.84. The van der Waals surface area contributed by atoms with Crippen LogP contribution >= 0.6 is 0 Å². The number of rotatable bonds is 12. The Labute approximate surface area is 207 Å². The quantitative estimate of drug-likeness (QED) is 0.377. The second kappa shape index (κ2) is 12.5. The molecule has 2 N–H and O–H groups in total. The molecule has 2 atom stereocenters. The highest BCUT2D eigenvalue weighted by Gasteiger charge is 2.21. The SMILES string of the molecule is COc1ccc(CCNCCC(O)COc2ccc3c(c2)OCC(c2ccccc2)C3)cc1OC. The van der Waals surface area contributed by atoms with Crippen LogP contribution in [0.4, 0.5) is 0 Å². The van der Waals surface area contributed by atoms with Crippen molar-refractivity contribution in [1.29, 1.82) is 0 Å². The zero-order valence-corrected chi connectivity index (χ0v) is 20.5. The van der Waals surface area contributed by atoms with E-state index in [2.05, 4.69) is 35.6 Å². The molecule has 2 unspecified atom stereocenters. The maximum atomic E-state index is 10.3. The summed E-state index contributed by atoms with van der Waals surface area (Å²) in [5, 5.41) is 13.7. The maximum Gasteiger partial charge on any atom is 0.160 e. The zero-order valence-electron chi connectivity index (χ0n) is 20.5. The van der Waals surface area contributed by atoms with Crippen molar-refractivity contribution in [2.24, 2.45) is 0 Å². The minimum Gasteiger partial charge on any atom is -0.493 e. The lowest BCUT2D eigenvalue weighted by Gasteiger charge is -2.26. The molecule has 0 fully saturated rings. The predicted molar refractivity (Wildman–Crippen MR) is 137 cm³/mol. The van der Waals surface area contributed by atoms with Gasteiger partial charge in [0, 0.05) is 12.0 Å². The summed E-state index contributed by atoms with van der Waals surface area (Å²) < 4.78 is 22.5. The van der Waals surface area contributed by atoms with Gasteiger partial charge in [0.05, 0.1) is 26.9 Å². The van der Waals surface area contributed by atoms with Crippen molar-refractivity contribution in [1.82, 2.24) is 5.32 Å². The minimum atomic E-state index is -0.539. The number of aliphatic hydroxyl groups is 1. The first-order chi connectivity index (χ1) is 17.2. The molecule has 3 aromatic rings. The Balaban J connectivity index is 1.15. The molecule has 4 rings (SSSR count). The van der Waals surface area contributed by atoms with Crippen LogP contribution in [0, 0.1) is 0 Å². The van der Waals surface area contributed by atoms with Gasteiger partial charge in [-0.3, -0.25) is 0 Å². The minimum absolute atomic E-state index is 0.253. The van der Waals surface area contributed by atoms with Gasteiger partial charge in [-0.15, -0.1) is 0 Å². The Morgan fingerprint density at radius 1 is 0.971 bits per heavy atom. The monoisotopic (exact) mass is 477 g/mol. The molecule has 1 aliphatic heterocycles. The molecule has 0 aromatic heterocycles. The highest BCUT2D eigenvalue weighted by Crippen LogP contribution is 2.35. The van der Waals surface area contributed by atoms with Crippen molar-refractivity contribution in [3.05, 3.63) is 83.4 Å². The van der Waals surface area contributed by atoms with E-state index in [4.69, 9.17) is 18.9 Å². The molecule has 3 aromatic carbocycles. The van der Waals surface area contributed by atoms with Gasteiger partial charge in [0.2, 0.25) is 0 Å². The summed E-state index contributed by atoms with van der Waals surface area (Å²) in [5.74, 6) is 3.44. The van der Waals surface area contributed by atoms with Gasteiger partial charge >= 0.3 is 0 Å².